The molecule has 106 valence electrons. The summed E-state index contributed by atoms with van der Waals surface area (Å²) in [4.78, 5) is 2.09. The minimum atomic E-state index is 0.763. The normalized spacial score (nSPS) is 10.6. The fourth-order valence-corrected chi connectivity index (χ4v) is 2.34. The highest BCUT2D eigenvalue weighted by Gasteiger charge is 2.05. The van der Waals surface area contributed by atoms with Crippen molar-refractivity contribution in [2.24, 2.45) is 0 Å². The van der Waals surface area contributed by atoms with Crippen LogP contribution in [0.4, 0.5) is 5.82 Å². The smallest absolute Gasteiger partial charge is 0.151 e. The average Bonchev–Trinajstić information content (AvgIpc) is 2.45. The third kappa shape index (κ3) is 4.28. The highest BCUT2D eigenvalue weighted by atomic mass is 79.9. The largest absolute Gasteiger partial charge is 0.354 e. The van der Waals surface area contributed by atoms with Crippen LogP contribution in [0, 0.1) is 0 Å². The number of hydrogen-bond donors (Lipinski definition) is 1. The van der Waals surface area contributed by atoms with Gasteiger partial charge in [0.05, 0.1) is 5.69 Å². The molecule has 0 aliphatic carbocycles. The van der Waals surface area contributed by atoms with Gasteiger partial charge in [-0.3, -0.25) is 0 Å². The van der Waals surface area contributed by atoms with Gasteiger partial charge in [0, 0.05) is 24.6 Å². The summed E-state index contributed by atoms with van der Waals surface area (Å²) in [5, 5.41) is 11.7. The molecule has 4 nitrogen and oxygen atoms in total. The lowest BCUT2D eigenvalue weighted by Crippen LogP contribution is -2.19. The number of aromatic nitrogens is 2. The average molecular weight is 335 g/mol. The zero-order chi connectivity index (χ0) is 14.4. The molecule has 0 radical (unpaired) electrons. The van der Waals surface area contributed by atoms with Gasteiger partial charge in [0.2, 0.25) is 0 Å². The molecule has 1 aromatic carbocycles. The van der Waals surface area contributed by atoms with Crippen molar-refractivity contribution in [3.63, 3.8) is 0 Å². The predicted molar refractivity (Wildman–Crippen MR) is 85.7 cm³/mol. The van der Waals surface area contributed by atoms with E-state index in [0.29, 0.717) is 0 Å². The number of nitrogens with one attached hydrogen (secondary N) is 1. The SMILES string of the molecule is CCNCc1ccc(N(C)Cc2cccc(Br)c2)nn1. The Bertz CT molecular complexity index is 542. The van der Waals surface area contributed by atoms with Crippen molar-refractivity contribution in [1.82, 2.24) is 15.5 Å². The summed E-state index contributed by atoms with van der Waals surface area (Å²) in [6, 6.07) is 12.3. The first-order chi connectivity index (χ1) is 9.69. The lowest BCUT2D eigenvalue weighted by atomic mass is 10.2. The Morgan fingerprint density at radius 2 is 2.05 bits per heavy atom. The van der Waals surface area contributed by atoms with E-state index in [4.69, 9.17) is 0 Å². The third-order valence-corrected chi connectivity index (χ3v) is 3.45. The molecule has 0 aliphatic rings. The van der Waals surface area contributed by atoms with Crippen molar-refractivity contribution in [1.29, 1.82) is 0 Å². The van der Waals surface area contributed by atoms with Gasteiger partial charge in [-0.1, -0.05) is 35.0 Å². The van der Waals surface area contributed by atoms with Crippen molar-refractivity contribution in [3.05, 3.63) is 52.1 Å². The maximum atomic E-state index is 4.27. The molecule has 2 aromatic rings. The van der Waals surface area contributed by atoms with Crippen LogP contribution in [0.15, 0.2) is 40.9 Å². The van der Waals surface area contributed by atoms with Gasteiger partial charge in [-0.05, 0) is 36.4 Å². The first kappa shape index (κ1) is 14.9. The summed E-state index contributed by atoms with van der Waals surface area (Å²) in [6.45, 7) is 4.58. The van der Waals surface area contributed by atoms with E-state index in [2.05, 4.69) is 55.4 Å². The van der Waals surface area contributed by atoms with Crippen LogP contribution >= 0.6 is 15.9 Å². The van der Waals surface area contributed by atoms with E-state index in [1.165, 1.54) is 5.56 Å². The summed E-state index contributed by atoms with van der Waals surface area (Å²) in [6.07, 6.45) is 0. The molecule has 2 rings (SSSR count). The number of benzene rings is 1. The van der Waals surface area contributed by atoms with Gasteiger partial charge in [-0.15, -0.1) is 5.10 Å². The molecule has 0 atom stereocenters. The Morgan fingerprint density at radius 1 is 1.20 bits per heavy atom. The minimum absolute atomic E-state index is 0.763. The molecular formula is C15H19BrN4. The maximum absolute atomic E-state index is 4.27. The second-order valence-corrected chi connectivity index (χ2v) is 5.56. The molecule has 0 spiro atoms. The summed E-state index contributed by atoms with van der Waals surface area (Å²) >= 11 is 3.49. The minimum Gasteiger partial charge on any atom is -0.354 e. The quantitative estimate of drug-likeness (QED) is 0.881. The Labute approximate surface area is 128 Å². The monoisotopic (exact) mass is 334 g/mol. The Hall–Kier alpha value is -1.46. The van der Waals surface area contributed by atoms with Gasteiger partial charge in [0.15, 0.2) is 5.82 Å². The molecule has 0 aliphatic heterocycles. The summed E-state index contributed by atoms with van der Waals surface area (Å²) in [5.74, 6) is 0.880. The van der Waals surface area contributed by atoms with E-state index in [1.54, 1.807) is 0 Å². The molecule has 0 saturated heterocycles. The van der Waals surface area contributed by atoms with Gasteiger partial charge in [-0.25, -0.2) is 0 Å². The van der Waals surface area contributed by atoms with Crippen LogP contribution < -0.4 is 10.2 Å². The van der Waals surface area contributed by atoms with Gasteiger partial charge in [0.25, 0.3) is 0 Å². The zero-order valence-electron chi connectivity index (χ0n) is 11.8. The second kappa shape index (κ2) is 7.36. The second-order valence-electron chi connectivity index (χ2n) is 4.65. The molecule has 0 fully saturated rings. The topological polar surface area (TPSA) is 41.0 Å². The lowest BCUT2D eigenvalue weighted by molar-refractivity contribution is 0.696. The van der Waals surface area contributed by atoms with Crippen molar-refractivity contribution >= 4 is 21.7 Å². The number of halogens is 1. The highest BCUT2D eigenvalue weighted by Crippen LogP contribution is 2.15. The molecule has 5 heteroatoms. The molecule has 0 unspecified atom stereocenters. The molecule has 0 amide bonds. The number of anilines is 1. The Kier molecular flexibility index (Phi) is 5.49. The van der Waals surface area contributed by atoms with Crippen LogP contribution in [0.3, 0.4) is 0 Å². The Morgan fingerprint density at radius 3 is 2.70 bits per heavy atom. The Balaban J connectivity index is 2.00. The van der Waals surface area contributed by atoms with E-state index in [0.717, 1.165) is 35.6 Å². The first-order valence-corrected chi connectivity index (χ1v) is 7.47. The van der Waals surface area contributed by atoms with Crippen molar-refractivity contribution in [2.45, 2.75) is 20.0 Å². The summed E-state index contributed by atoms with van der Waals surface area (Å²) in [5.41, 5.74) is 2.20. The van der Waals surface area contributed by atoms with Crippen LogP contribution in [0.1, 0.15) is 18.2 Å². The number of nitrogens with zero attached hydrogens (tertiary/aromatic N) is 3. The number of rotatable bonds is 6. The van der Waals surface area contributed by atoms with Gasteiger partial charge < -0.3 is 10.2 Å². The third-order valence-electron chi connectivity index (χ3n) is 2.96. The van der Waals surface area contributed by atoms with Crippen LogP contribution in [0.25, 0.3) is 0 Å². The summed E-state index contributed by atoms with van der Waals surface area (Å²) in [7, 11) is 2.02. The van der Waals surface area contributed by atoms with E-state index in [-0.39, 0.29) is 0 Å². The van der Waals surface area contributed by atoms with Crippen LogP contribution in [-0.2, 0) is 13.1 Å². The molecule has 1 heterocycles. The fraction of sp³-hybridized carbons (Fsp3) is 0.333. The molecular weight excluding hydrogens is 316 g/mol. The molecule has 20 heavy (non-hydrogen) atoms. The van der Waals surface area contributed by atoms with Gasteiger partial charge in [-0.2, -0.15) is 5.10 Å². The number of hydrogen-bond acceptors (Lipinski definition) is 4. The van der Waals surface area contributed by atoms with Crippen LogP contribution in [-0.4, -0.2) is 23.8 Å². The van der Waals surface area contributed by atoms with Crippen molar-refractivity contribution in [2.75, 3.05) is 18.5 Å². The maximum Gasteiger partial charge on any atom is 0.151 e. The summed E-state index contributed by atoms with van der Waals surface area (Å²) < 4.78 is 1.09. The van der Waals surface area contributed by atoms with Crippen molar-refractivity contribution in [3.8, 4) is 0 Å². The molecule has 0 saturated carbocycles. The lowest BCUT2D eigenvalue weighted by Gasteiger charge is -2.18. The van der Waals surface area contributed by atoms with E-state index in [1.807, 2.05) is 31.3 Å². The van der Waals surface area contributed by atoms with Crippen LogP contribution in [0.2, 0.25) is 0 Å². The van der Waals surface area contributed by atoms with E-state index >= 15 is 0 Å². The molecule has 0 bridgehead atoms. The van der Waals surface area contributed by atoms with Crippen LogP contribution in [0.5, 0.6) is 0 Å². The molecule has 1 aromatic heterocycles. The zero-order valence-corrected chi connectivity index (χ0v) is 13.4. The predicted octanol–water partition coefficient (Wildman–Crippen LogP) is 2.99. The highest BCUT2D eigenvalue weighted by molar-refractivity contribution is 9.10. The standard InChI is InChI=1S/C15H19BrN4/c1-3-17-10-14-7-8-15(19-18-14)20(2)11-12-5-4-6-13(16)9-12/h4-9,17H,3,10-11H2,1-2H3. The first-order valence-electron chi connectivity index (χ1n) is 6.68. The van der Waals surface area contributed by atoms with Crippen molar-refractivity contribution < 1.29 is 0 Å². The fourth-order valence-electron chi connectivity index (χ4n) is 1.89. The van der Waals surface area contributed by atoms with Gasteiger partial charge >= 0.3 is 0 Å². The van der Waals surface area contributed by atoms with Gasteiger partial charge in [0.1, 0.15) is 0 Å². The molecule has 1 N–H and O–H groups in total. The van der Waals surface area contributed by atoms with E-state index in [9.17, 15) is 0 Å². The van der Waals surface area contributed by atoms with E-state index < -0.39 is 0 Å².